The average molecular weight is 386 g/mol. The number of ether oxygens (including phenoxy) is 1. The van der Waals surface area contributed by atoms with Crippen LogP contribution in [0.1, 0.15) is 24.8 Å². The topological polar surface area (TPSA) is 65.4 Å². The number of amides is 1. The van der Waals surface area contributed by atoms with E-state index in [2.05, 4.69) is 16.3 Å². The quantitative estimate of drug-likeness (QED) is 0.865. The van der Waals surface area contributed by atoms with Gasteiger partial charge in [0, 0.05) is 18.1 Å². The third-order valence-electron chi connectivity index (χ3n) is 5.52. The number of alkyl halides is 3. The van der Waals surface area contributed by atoms with E-state index in [0.29, 0.717) is 6.04 Å². The highest BCUT2D eigenvalue weighted by molar-refractivity contribution is 6.31. The second-order valence-corrected chi connectivity index (χ2v) is 7.43. The summed E-state index contributed by atoms with van der Waals surface area (Å²) in [5.41, 5.74) is -1.33. The van der Waals surface area contributed by atoms with Gasteiger partial charge in [0.15, 0.2) is 6.61 Å². The Balaban J connectivity index is 1.32. The number of halogens is 4. The molecule has 0 aromatic heterocycles. The molecule has 3 fully saturated rings. The largest absolute Gasteiger partial charge is 0.484 e. The zero-order valence-electron chi connectivity index (χ0n) is 13.5. The molecule has 3 saturated heterocycles. The maximum absolute atomic E-state index is 12.8. The molecule has 1 aromatic rings. The molecule has 138 valence electrons. The second kappa shape index (κ2) is 5.76. The molecule has 0 saturated carbocycles. The summed E-state index contributed by atoms with van der Waals surface area (Å²) in [7, 11) is 0. The first-order chi connectivity index (χ1) is 12.2. The summed E-state index contributed by atoms with van der Waals surface area (Å²) < 4.78 is 43.7. The van der Waals surface area contributed by atoms with Gasteiger partial charge >= 0.3 is 6.18 Å². The highest BCUT2D eigenvalue weighted by Crippen LogP contribution is 2.58. The van der Waals surface area contributed by atoms with Gasteiger partial charge in [0.1, 0.15) is 11.3 Å². The van der Waals surface area contributed by atoms with Gasteiger partial charge in [-0.2, -0.15) is 18.4 Å². The molecule has 3 aliphatic rings. The Morgan fingerprint density at radius 3 is 2.92 bits per heavy atom. The third-order valence-corrected chi connectivity index (χ3v) is 5.85. The van der Waals surface area contributed by atoms with E-state index in [1.165, 1.54) is 6.07 Å². The Kier molecular flexibility index (Phi) is 3.86. The van der Waals surface area contributed by atoms with Crippen LogP contribution in [0.15, 0.2) is 18.2 Å². The predicted molar refractivity (Wildman–Crippen MR) is 85.5 cm³/mol. The maximum Gasteiger partial charge on any atom is 0.417 e. The lowest BCUT2D eigenvalue weighted by atomic mass is 9.69. The molecule has 9 heteroatoms. The molecular weight excluding hydrogens is 371 g/mol. The number of hydrogen-bond acceptors (Lipinski definition) is 4. The molecule has 5 nitrogen and oxygen atoms in total. The van der Waals surface area contributed by atoms with Crippen LogP contribution < -0.4 is 10.1 Å². The molecule has 3 heterocycles. The molecule has 26 heavy (non-hydrogen) atoms. The third kappa shape index (κ3) is 2.61. The SMILES string of the molecule is N#CC12CC3CC(NC(=O)COc4ccc(Cl)c(C(F)(F)F)c4)C(C1)N32. The first-order valence-corrected chi connectivity index (χ1v) is 8.60. The van der Waals surface area contributed by atoms with Crippen LogP contribution in [0.4, 0.5) is 13.2 Å². The summed E-state index contributed by atoms with van der Waals surface area (Å²) in [6.45, 7) is -0.379. The molecule has 0 aliphatic carbocycles. The number of piperidine rings is 1. The van der Waals surface area contributed by atoms with Gasteiger partial charge in [-0.15, -0.1) is 0 Å². The van der Waals surface area contributed by atoms with E-state index in [1.54, 1.807) is 0 Å². The van der Waals surface area contributed by atoms with Crippen LogP contribution in [0.2, 0.25) is 5.02 Å². The van der Waals surface area contributed by atoms with E-state index in [4.69, 9.17) is 16.3 Å². The Labute approximate surface area is 152 Å². The fourth-order valence-corrected chi connectivity index (χ4v) is 4.66. The van der Waals surface area contributed by atoms with Gasteiger partial charge in [-0.05, 0) is 37.5 Å². The van der Waals surface area contributed by atoms with Crippen LogP contribution in [0, 0.1) is 11.3 Å². The molecule has 0 bridgehead atoms. The van der Waals surface area contributed by atoms with E-state index in [0.717, 1.165) is 31.4 Å². The van der Waals surface area contributed by atoms with Crippen molar-refractivity contribution in [3.63, 3.8) is 0 Å². The molecule has 4 rings (SSSR count). The number of benzene rings is 1. The van der Waals surface area contributed by atoms with E-state index in [9.17, 15) is 23.2 Å². The van der Waals surface area contributed by atoms with Crippen molar-refractivity contribution in [3.05, 3.63) is 28.8 Å². The van der Waals surface area contributed by atoms with E-state index in [-0.39, 0.29) is 30.0 Å². The lowest BCUT2D eigenvalue weighted by Crippen LogP contribution is -2.75. The minimum Gasteiger partial charge on any atom is -0.484 e. The summed E-state index contributed by atoms with van der Waals surface area (Å²) in [5.74, 6) is -0.463. The van der Waals surface area contributed by atoms with Crippen molar-refractivity contribution in [1.82, 2.24) is 10.2 Å². The van der Waals surface area contributed by atoms with Crippen LogP contribution in [0.3, 0.4) is 0 Å². The zero-order valence-corrected chi connectivity index (χ0v) is 14.3. The van der Waals surface area contributed by atoms with Gasteiger partial charge in [-0.1, -0.05) is 11.6 Å². The Bertz CT molecular complexity index is 809. The minimum absolute atomic E-state index is 0.0453. The van der Waals surface area contributed by atoms with Crippen molar-refractivity contribution in [2.75, 3.05) is 6.61 Å². The molecule has 1 aromatic carbocycles. The minimum atomic E-state index is -4.59. The van der Waals surface area contributed by atoms with Crippen molar-refractivity contribution in [2.24, 2.45) is 0 Å². The zero-order chi connectivity index (χ0) is 18.7. The van der Waals surface area contributed by atoms with Gasteiger partial charge in [-0.3, -0.25) is 9.69 Å². The number of nitriles is 1. The monoisotopic (exact) mass is 385 g/mol. The summed E-state index contributed by atoms with van der Waals surface area (Å²) in [5, 5.41) is 11.7. The summed E-state index contributed by atoms with van der Waals surface area (Å²) in [4.78, 5) is 14.3. The number of carbonyl (C=O) groups is 1. The van der Waals surface area contributed by atoms with Gasteiger partial charge in [0.25, 0.3) is 5.91 Å². The molecule has 1 amide bonds. The van der Waals surface area contributed by atoms with E-state index >= 15 is 0 Å². The van der Waals surface area contributed by atoms with Gasteiger partial charge in [0.05, 0.1) is 16.7 Å². The van der Waals surface area contributed by atoms with Gasteiger partial charge in [0.2, 0.25) is 0 Å². The Morgan fingerprint density at radius 2 is 2.23 bits per heavy atom. The fraction of sp³-hybridized carbons (Fsp3) is 0.529. The Morgan fingerprint density at radius 1 is 1.46 bits per heavy atom. The molecular formula is C17H15ClF3N3O2. The van der Waals surface area contributed by atoms with Crippen molar-refractivity contribution >= 4 is 17.5 Å². The normalized spacial score (nSPS) is 32.0. The predicted octanol–water partition coefficient (Wildman–Crippen LogP) is 2.74. The smallest absolute Gasteiger partial charge is 0.417 e. The lowest BCUT2D eigenvalue weighted by molar-refractivity contribution is -0.137. The van der Waals surface area contributed by atoms with Crippen molar-refractivity contribution < 1.29 is 22.7 Å². The highest BCUT2D eigenvalue weighted by Gasteiger charge is 2.69. The van der Waals surface area contributed by atoms with Crippen LogP contribution >= 0.6 is 11.6 Å². The molecule has 4 unspecified atom stereocenters. The van der Waals surface area contributed by atoms with E-state index in [1.807, 2.05) is 0 Å². The fourth-order valence-electron chi connectivity index (χ4n) is 4.44. The van der Waals surface area contributed by atoms with E-state index < -0.39 is 22.7 Å². The Hall–Kier alpha value is -1.98. The van der Waals surface area contributed by atoms with Crippen molar-refractivity contribution in [1.29, 1.82) is 5.26 Å². The van der Waals surface area contributed by atoms with Crippen LogP contribution in [0.5, 0.6) is 5.75 Å². The summed E-state index contributed by atoms with van der Waals surface area (Å²) in [6, 6.07) is 5.97. The van der Waals surface area contributed by atoms with Crippen LogP contribution in [0.25, 0.3) is 0 Å². The number of hydrogen-bond donors (Lipinski definition) is 1. The standard InChI is InChI=1S/C17H15ClF3N3O2/c18-12-2-1-10(4-11(12)17(19,20)21)26-7-15(25)23-13-3-9-5-16(8-22)6-14(13)24(9)16/h1-2,4,9,13-14H,3,5-7H2,(H,23,25). The number of rotatable bonds is 4. The number of nitrogens with one attached hydrogen (secondary N) is 1. The highest BCUT2D eigenvalue weighted by atomic mass is 35.5. The van der Waals surface area contributed by atoms with Gasteiger partial charge in [-0.25, -0.2) is 0 Å². The first-order valence-electron chi connectivity index (χ1n) is 8.22. The summed E-state index contributed by atoms with van der Waals surface area (Å²) in [6.07, 6.45) is -2.21. The second-order valence-electron chi connectivity index (χ2n) is 7.02. The molecule has 3 aliphatic heterocycles. The van der Waals surface area contributed by atoms with Gasteiger partial charge < -0.3 is 10.1 Å². The van der Waals surface area contributed by atoms with Crippen LogP contribution in [-0.4, -0.2) is 41.1 Å². The lowest BCUT2D eigenvalue weighted by Gasteiger charge is -2.63. The van der Waals surface area contributed by atoms with Crippen molar-refractivity contribution in [3.8, 4) is 11.8 Å². The molecule has 0 spiro atoms. The average Bonchev–Trinajstić information content (AvgIpc) is 2.68. The molecule has 1 N–H and O–H groups in total. The summed E-state index contributed by atoms with van der Waals surface area (Å²) >= 11 is 5.55. The molecule has 4 atom stereocenters. The first kappa shape index (κ1) is 17.4. The number of carbonyl (C=O) groups excluding carboxylic acids is 1. The number of nitrogens with zero attached hydrogens (tertiary/aromatic N) is 2. The molecule has 0 radical (unpaired) electrons. The maximum atomic E-state index is 12.8. The van der Waals surface area contributed by atoms with Crippen molar-refractivity contribution in [2.45, 2.75) is 49.1 Å². The van der Waals surface area contributed by atoms with Crippen LogP contribution in [-0.2, 0) is 11.0 Å².